The fraction of sp³-hybridized carbons (Fsp3) is 0.458. The van der Waals surface area contributed by atoms with Crippen molar-refractivity contribution >= 4 is 5.91 Å². The van der Waals surface area contributed by atoms with Gasteiger partial charge in [-0.2, -0.15) is 0 Å². The number of rotatable bonds is 5. The topological polar surface area (TPSA) is 23.6 Å². The molecule has 2 aromatic rings. The molecule has 0 radical (unpaired) electrons. The number of hydrogen-bond acceptors (Lipinski definition) is 2. The maximum Gasteiger partial charge on any atom is 0.240 e. The van der Waals surface area contributed by atoms with Crippen molar-refractivity contribution in [1.82, 2.24) is 9.80 Å². The fourth-order valence-electron chi connectivity index (χ4n) is 4.86. The van der Waals surface area contributed by atoms with Gasteiger partial charge in [-0.3, -0.25) is 9.69 Å². The number of likely N-dealkylation sites (tertiary alicyclic amines) is 2. The van der Waals surface area contributed by atoms with Crippen molar-refractivity contribution in [1.29, 1.82) is 0 Å². The second kappa shape index (κ2) is 8.26. The summed E-state index contributed by atoms with van der Waals surface area (Å²) in [6, 6.07) is 21.5. The highest BCUT2D eigenvalue weighted by Gasteiger charge is 2.44. The molecule has 1 unspecified atom stereocenters. The Balaban J connectivity index is 1.49. The van der Waals surface area contributed by atoms with Gasteiger partial charge in [0.05, 0.1) is 6.04 Å². The quantitative estimate of drug-likeness (QED) is 0.792. The summed E-state index contributed by atoms with van der Waals surface area (Å²) in [5.41, 5.74) is 2.62. The Morgan fingerprint density at radius 2 is 1.67 bits per heavy atom. The van der Waals surface area contributed by atoms with Gasteiger partial charge in [0, 0.05) is 19.1 Å². The molecule has 1 amide bonds. The largest absolute Gasteiger partial charge is 0.341 e. The Hall–Kier alpha value is -2.13. The van der Waals surface area contributed by atoms with Crippen LogP contribution >= 0.6 is 0 Å². The summed E-state index contributed by atoms with van der Waals surface area (Å²) in [5.74, 6) is 0.874. The van der Waals surface area contributed by atoms with Gasteiger partial charge in [0.15, 0.2) is 0 Å². The molecule has 2 aliphatic rings. The number of hydrogen-bond donors (Lipinski definition) is 0. The van der Waals surface area contributed by atoms with Crippen molar-refractivity contribution in [3.63, 3.8) is 0 Å². The minimum atomic E-state index is 0.0541. The van der Waals surface area contributed by atoms with E-state index in [4.69, 9.17) is 0 Å². The van der Waals surface area contributed by atoms with Gasteiger partial charge in [0.2, 0.25) is 5.91 Å². The first kappa shape index (κ1) is 18.2. The average Bonchev–Trinajstić information content (AvgIpc) is 3.08. The minimum absolute atomic E-state index is 0.0541. The maximum absolute atomic E-state index is 13.5. The number of nitrogens with zero attached hydrogens (tertiary/aromatic N) is 2. The van der Waals surface area contributed by atoms with E-state index in [0.717, 1.165) is 38.9 Å². The van der Waals surface area contributed by atoms with Crippen LogP contribution in [0, 0.1) is 5.92 Å². The Kier molecular flexibility index (Phi) is 5.58. The summed E-state index contributed by atoms with van der Waals surface area (Å²) in [6.45, 7) is 5.03. The number of amides is 1. The van der Waals surface area contributed by atoms with E-state index >= 15 is 0 Å². The molecule has 27 heavy (non-hydrogen) atoms. The number of benzene rings is 2. The molecule has 0 spiro atoms. The van der Waals surface area contributed by atoms with Crippen LogP contribution in [0.5, 0.6) is 0 Å². The zero-order chi connectivity index (χ0) is 18.6. The summed E-state index contributed by atoms with van der Waals surface area (Å²) >= 11 is 0. The predicted octanol–water partition coefficient (Wildman–Crippen LogP) is 4.30. The molecule has 2 aliphatic heterocycles. The summed E-state index contributed by atoms with van der Waals surface area (Å²) in [4.78, 5) is 18.1. The molecule has 2 heterocycles. The summed E-state index contributed by atoms with van der Waals surface area (Å²) in [6.07, 6.45) is 4.41. The molecule has 0 aliphatic carbocycles. The van der Waals surface area contributed by atoms with E-state index in [1.165, 1.54) is 17.5 Å². The highest BCUT2D eigenvalue weighted by atomic mass is 16.2. The van der Waals surface area contributed by atoms with Gasteiger partial charge in [0.1, 0.15) is 0 Å². The van der Waals surface area contributed by atoms with Crippen LogP contribution in [-0.4, -0.2) is 41.4 Å². The van der Waals surface area contributed by atoms with Crippen molar-refractivity contribution in [2.45, 2.75) is 44.7 Å². The van der Waals surface area contributed by atoms with Crippen molar-refractivity contribution in [3.8, 4) is 0 Å². The lowest BCUT2D eigenvalue weighted by Gasteiger charge is -2.34. The molecule has 4 rings (SSSR count). The van der Waals surface area contributed by atoms with E-state index in [2.05, 4.69) is 71.3 Å². The number of fused-ring (bicyclic) bond motifs is 1. The number of carbonyl (C=O) groups is 1. The van der Waals surface area contributed by atoms with Gasteiger partial charge >= 0.3 is 0 Å². The van der Waals surface area contributed by atoms with Crippen LogP contribution < -0.4 is 0 Å². The van der Waals surface area contributed by atoms with Gasteiger partial charge in [-0.25, -0.2) is 0 Å². The molecule has 3 atom stereocenters. The highest BCUT2D eigenvalue weighted by molar-refractivity contribution is 5.83. The first-order valence-corrected chi connectivity index (χ1v) is 10.4. The van der Waals surface area contributed by atoms with Crippen LogP contribution in [0.1, 0.15) is 43.4 Å². The van der Waals surface area contributed by atoms with E-state index in [9.17, 15) is 4.79 Å². The Morgan fingerprint density at radius 1 is 0.963 bits per heavy atom. The predicted molar refractivity (Wildman–Crippen MR) is 109 cm³/mol. The lowest BCUT2D eigenvalue weighted by molar-refractivity contribution is -0.137. The monoisotopic (exact) mass is 362 g/mol. The van der Waals surface area contributed by atoms with Crippen molar-refractivity contribution in [3.05, 3.63) is 71.8 Å². The number of carbonyl (C=O) groups excluding carboxylic acids is 1. The van der Waals surface area contributed by atoms with E-state index < -0.39 is 0 Å². The van der Waals surface area contributed by atoms with Crippen molar-refractivity contribution in [2.24, 2.45) is 5.92 Å². The Labute approximate surface area is 163 Å². The van der Waals surface area contributed by atoms with Crippen LogP contribution in [0.25, 0.3) is 0 Å². The third-order valence-corrected chi connectivity index (χ3v) is 6.42. The van der Waals surface area contributed by atoms with Gasteiger partial charge in [0.25, 0.3) is 0 Å². The molecule has 142 valence electrons. The lowest BCUT2D eigenvalue weighted by Crippen LogP contribution is -2.48. The molecular formula is C24H30N2O. The molecule has 0 saturated carbocycles. The summed E-state index contributed by atoms with van der Waals surface area (Å²) in [5, 5.41) is 0. The zero-order valence-electron chi connectivity index (χ0n) is 16.3. The van der Waals surface area contributed by atoms with Gasteiger partial charge < -0.3 is 4.90 Å². The average molecular weight is 363 g/mol. The van der Waals surface area contributed by atoms with E-state index in [-0.39, 0.29) is 6.04 Å². The molecule has 2 aromatic carbocycles. The highest BCUT2D eigenvalue weighted by Crippen LogP contribution is 2.37. The van der Waals surface area contributed by atoms with E-state index in [0.29, 0.717) is 17.9 Å². The molecule has 2 saturated heterocycles. The zero-order valence-corrected chi connectivity index (χ0v) is 16.3. The SMILES string of the molecule is C[C@@H](c1ccccc1)N1CCC2CCCN(CCc3ccccc3)C(=O)[C@H]21. The normalized spacial score (nSPS) is 24.5. The molecule has 3 heteroatoms. The van der Waals surface area contributed by atoms with E-state index in [1.54, 1.807) is 0 Å². The third kappa shape index (κ3) is 3.93. The molecule has 3 nitrogen and oxygen atoms in total. The molecular weight excluding hydrogens is 332 g/mol. The second-order valence-corrected chi connectivity index (χ2v) is 8.02. The van der Waals surface area contributed by atoms with Gasteiger partial charge in [-0.15, -0.1) is 0 Å². The third-order valence-electron chi connectivity index (χ3n) is 6.42. The molecule has 0 N–H and O–H groups in total. The van der Waals surface area contributed by atoms with Crippen LogP contribution in [0.4, 0.5) is 0 Å². The smallest absolute Gasteiger partial charge is 0.240 e. The van der Waals surface area contributed by atoms with Gasteiger partial charge in [-0.1, -0.05) is 60.7 Å². The van der Waals surface area contributed by atoms with Crippen LogP contribution in [0.15, 0.2) is 60.7 Å². The first-order chi connectivity index (χ1) is 13.2. The molecule has 2 fully saturated rings. The summed E-state index contributed by atoms with van der Waals surface area (Å²) in [7, 11) is 0. The van der Waals surface area contributed by atoms with E-state index in [1.807, 2.05) is 6.07 Å². The molecule has 0 bridgehead atoms. The van der Waals surface area contributed by atoms with Crippen molar-refractivity contribution < 1.29 is 4.79 Å². The lowest BCUT2D eigenvalue weighted by atomic mass is 9.95. The Morgan fingerprint density at radius 3 is 2.41 bits per heavy atom. The fourth-order valence-corrected chi connectivity index (χ4v) is 4.86. The Bertz CT molecular complexity index is 745. The summed E-state index contributed by atoms with van der Waals surface area (Å²) < 4.78 is 0. The van der Waals surface area contributed by atoms with Crippen LogP contribution in [-0.2, 0) is 11.2 Å². The van der Waals surface area contributed by atoms with Crippen LogP contribution in [0.2, 0.25) is 0 Å². The molecule has 0 aromatic heterocycles. The maximum atomic E-state index is 13.5. The van der Waals surface area contributed by atoms with Crippen molar-refractivity contribution in [2.75, 3.05) is 19.6 Å². The van der Waals surface area contributed by atoms with Gasteiger partial charge in [-0.05, 0) is 56.2 Å². The van der Waals surface area contributed by atoms with Crippen LogP contribution in [0.3, 0.4) is 0 Å². The second-order valence-electron chi connectivity index (χ2n) is 8.02. The standard InChI is InChI=1S/C24H30N2O/c1-19(21-11-6-3-7-12-21)26-18-15-22-13-8-16-25(24(27)23(22)26)17-14-20-9-4-2-5-10-20/h2-7,9-12,19,22-23H,8,13-18H2,1H3/t19-,22?,23-/m0/s1. The first-order valence-electron chi connectivity index (χ1n) is 10.4. The minimum Gasteiger partial charge on any atom is -0.341 e.